The molecular formula is C15H27N3O3. The zero-order chi connectivity index (χ0) is 15.4. The molecule has 1 N–H and O–H groups in total. The summed E-state index contributed by atoms with van der Waals surface area (Å²) in [4.78, 5) is 29.1. The summed E-state index contributed by atoms with van der Waals surface area (Å²) in [5.41, 5.74) is 0. The molecule has 1 aliphatic carbocycles. The molecule has 0 unspecified atom stereocenters. The van der Waals surface area contributed by atoms with Crippen LogP contribution in [-0.4, -0.2) is 76.6 Å². The summed E-state index contributed by atoms with van der Waals surface area (Å²) in [6.07, 6.45) is 5.21. The Bertz CT molecular complexity index is 372. The summed E-state index contributed by atoms with van der Waals surface area (Å²) >= 11 is 0. The number of hydrogen-bond acceptors (Lipinski definition) is 3. The molecule has 6 heteroatoms. The van der Waals surface area contributed by atoms with Crippen molar-refractivity contribution in [2.24, 2.45) is 0 Å². The van der Waals surface area contributed by atoms with Crippen LogP contribution in [0.3, 0.4) is 0 Å². The van der Waals surface area contributed by atoms with Crippen molar-refractivity contribution in [1.82, 2.24) is 14.7 Å². The van der Waals surface area contributed by atoms with Crippen LogP contribution in [0.4, 0.5) is 4.79 Å². The van der Waals surface area contributed by atoms with Crippen LogP contribution in [0.1, 0.15) is 39.5 Å². The molecule has 0 radical (unpaired) electrons. The molecule has 6 nitrogen and oxygen atoms in total. The number of carbonyl (C=O) groups excluding carboxylic acids is 1. The second-order valence-corrected chi connectivity index (χ2v) is 6.36. The standard InChI is InChI=1S/C15H27N3O3/c1-12(2)18(11-14(19)20)15(21)17-9-7-16(8-10-17)13-5-3-4-6-13/h12-13H,3-11H2,1-2H3,(H,19,20). The van der Waals surface area contributed by atoms with E-state index in [2.05, 4.69) is 4.90 Å². The van der Waals surface area contributed by atoms with Gasteiger partial charge in [0.2, 0.25) is 0 Å². The number of carboxylic acids is 1. The zero-order valence-electron chi connectivity index (χ0n) is 13.1. The molecule has 0 atom stereocenters. The van der Waals surface area contributed by atoms with Crippen LogP contribution in [0, 0.1) is 0 Å². The van der Waals surface area contributed by atoms with Gasteiger partial charge in [0.25, 0.3) is 0 Å². The van der Waals surface area contributed by atoms with Gasteiger partial charge in [-0.25, -0.2) is 4.79 Å². The minimum atomic E-state index is -0.957. The van der Waals surface area contributed by atoms with Crippen LogP contribution >= 0.6 is 0 Å². The summed E-state index contributed by atoms with van der Waals surface area (Å²) < 4.78 is 0. The third-order valence-electron chi connectivity index (χ3n) is 4.60. The molecule has 0 aromatic carbocycles. The quantitative estimate of drug-likeness (QED) is 0.853. The summed E-state index contributed by atoms with van der Waals surface area (Å²) in [5.74, 6) is -0.957. The molecule has 1 saturated heterocycles. The SMILES string of the molecule is CC(C)N(CC(=O)O)C(=O)N1CCN(C2CCCC2)CC1. The van der Waals surface area contributed by atoms with Crippen molar-refractivity contribution in [2.45, 2.75) is 51.6 Å². The van der Waals surface area contributed by atoms with Crippen LogP contribution < -0.4 is 0 Å². The van der Waals surface area contributed by atoms with E-state index in [1.54, 1.807) is 4.90 Å². The molecule has 2 amide bonds. The number of hydrogen-bond donors (Lipinski definition) is 1. The Kier molecular flexibility index (Phi) is 5.45. The molecule has 0 aromatic heterocycles. The Morgan fingerprint density at radius 2 is 1.71 bits per heavy atom. The van der Waals surface area contributed by atoms with Crippen molar-refractivity contribution in [3.8, 4) is 0 Å². The predicted molar refractivity (Wildman–Crippen MR) is 80.3 cm³/mol. The molecular weight excluding hydrogens is 270 g/mol. The largest absolute Gasteiger partial charge is 0.480 e. The molecule has 0 bridgehead atoms. The van der Waals surface area contributed by atoms with E-state index in [0.29, 0.717) is 19.1 Å². The number of rotatable bonds is 4. The fraction of sp³-hybridized carbons (Fsp3) is 0.867. The van der Waals surface area contributed by atoms with Crippen molar-refractivity contribution in [3.05, 3.63) is 0 Å². The Hall–Kier alpha value is -1.30. The zero-order valence-corrected chi connectivity index (χ0v) is 13.1. The van der Waals surface area contributed by atoms with Gasteiger partial charge in [-0.1, -0.05) is 12.8 Å². The Morgan fingerprint density at radius 3 is 2.19 bits per heavy atom. The number of aliphatic carboxylic acids is 1. The Labute approximate surface area is 126 Å². The van der Waals surface area contributed by atoms with Crippen LogP contribution in [0.2, 0.25) is 0 Å². The lowest BCUT2D eigenvalue weighted by Crippen LogP contribution is -2.56. The minimum absolute atomic E-state index is 0.0959. The van der Waals surface area contributed by atoms with Crippen LogP contribution in [0.15, 0.2) is 0 Å². The van der Waals surface area contributed by atoms with E-state index in [1.165, 1.54) is 30.6 Å². The molecule has 2 aliphatic rings. The first-order chi connectivity index (χ1) is 9.99. The van der Waals surface area contributed by atoms with Crippen molar-refractivity contribution in [3.63, 3.8) is 0 Å². The third-order valence-corrected chi connectivity index (χ3v) is 4.60. The highest BCUT2D eigenvalue weighted by atomic mass is 16.4. The highest BCUT2D eigenvalue weighted by Gasteiger charge is 2.31. The Morgan fingerprint density at radius 1 is 1.14 bits per heavy atom. The first kappa shape index (κ1) is 16.1. The normalized spacial score (nSPS) is 21.0. The molecule has 21 heavy (non-hydrogen) atoms. The molecule has 1 saturated carbocycles. The van der Waals surface area contributed by atoms with Crippen LogP contribution in [0.25, 0.3) is 0 Å². The molecule has 1 heterocycles. The van der Waals surface area contributed by atoms with E-state index in [1.807, 2.05) is 13.8 Å². The predicted octanol–water partition coefficient (Wildman–Crippen LogP) is 1.46. The average Bonchev–Trinajstić information content (AvgIpc) is 2.98. The molecule has 120 valence electrons. The Balaban J connectivity index is 1.87. The van der Waals surface area contributed by atoms with Crippen molar-refractivity contribution in [1.29, 1.82) is 0 Å². The third kappa shape index (κ3) is 4.09. The minimum Gasteiger partial charge on any atom is -0.480 e. The van der Waals surface area contributed by atoms with Crippen molar-refractivity contribution in [2.75, 3.05) is 32.7 Å². The fourth-order valence-electron chi connectivity index (χ4n) is 3.35. The number of piperazine rings is 1. The van der Waals surface area contributed by atoms with E-state index in [4.69, 9.17) is 5.11 Å². The maximum atomic E-state index is 12.5. The van der Waals surface area contributed by atoms with Gasteiger partial charge in [0.1, 0.15) is 6.54 Å². The molecule has 2 rings (SSSR count). The number of urea groups is 1. The van der Waals surface area contributed by atoms with E-state index < -0.39 is 5.97 Å². The number of nitrogens with zero attached hydrogens (tertiary/aromatic N) is 3. The highest BCUT2D eigenvalue weighted by Crippen LogP contribution is 2.24. The van der Waals surface area contributed by atoms with Crippen molar-refractivity contribution < 1.29 is 14.7 Å². The highest BCUT2D eigenvalue weighted by molar-refractivity contribution is 5.80. The second kappa shape index (κ2) is 7.11. The summed E-state index contributed by atoms with van der Waals surface area (Å²) in [7, 11) is 0. The number of amides is 2. The smallest absolute Gasteiger partial charge is 0.323 e. The monoisotopic (exact) mass is 297 g/mol. The lowest BCUT2D eigenvalue weighted by Gasteiger charge is -2.40. The maximum Gasteiger partial charge on any atom is 0.323 e. The van der Waals surface area contributed by atoms with Gasteiger partial charge >= 0.3 is 12.0 Å². The lowest BCUT2D eigenvalue weighted by molar-refractivity contribution is -0.138. The van der Waals surface area contributed by atoms with Gasteiger partial charge in [0.05, 0.1) is 0 Å². The fourth-order valence-corrected chi connectivity index (χ4v) is 3.35. The van der Waals surface area contributed by atoms with Gasteiger partial charge in [-0.05, 0) is 26.7 Å². The van der Waals surface area contributed by atoms with E-state index in [-0.39, 0.29) is 18.6 Å². The molecule has 0 aromatic rings. The number of carbonyl (C=O) groups is 2. The molecule has 0 spiro atoms. The van der Waals surface area contributed by atoms with Gasteiger partial charge in [-0.2, -0.15) is 0 Å². The van der Waals surface area contributed by atoms with Gasteiger partial charge in [0.15, 0.2) is 0 Å². The first-order valence-corrected chi connectivity index (χ1v) is 8.00. The molecule has 2 fully saturated rings. The van der Waals surface area contributed by atoms with Crippen LogP contribution in [0.5, 0.6) is 0 Å². The van der Waals surface area contributed by atoms with Gasteiger partial charge < -0.3 is 14.9 Å². The maximum absolute atomic E-state index is 12.5. The molecule has 1 aliphatic heterocycles. The van der Waals surface area contributed by atoms with Crippen LogP contribution in [-0.2, 0) is 4.79 Å². The average molecular weight is 297 g/mol. The van der Waals surface area contributed by atoms with Gasteiger partial charge in [-0.15, -0.1) is 0 Å². The summed E-state index contributed by atoms with van der Waals surface area (Å²) in [6.45, 7) is 6.73. The first-order valence-electron chi connectivity index (χ1n) is 8.00. The van der Waals surface area contributed by atoms with E-state index in [9.17, 15) is 9.59 Å². The van der Waals surface area contributed by atoms with Gasteiger partial charge in [0, 0.05) is 38.3 Å². The topological polar surface area (TPSA) is 64.1 Å². The van der Waals surface area contributed by atoms with E-state index >= 15 is 0 Å². The lowest BCUT2D eigenvalue weighted by atomic mass is 10.2. The van der Waals surface area contributed by atoms with E-state index in [0.717, 1.165) is 13.1 Å². The number of carboxylic acid groups (broad SMARTS) is 1. The summed E-state index contributed by atoms with van der Waals surface area (Å²) in [6, 6.07) is 0.461. The second-order valence-electron chi connectivity index (χ2n) is 6.36. The summed E-state index contributed by atoms with van der Waals surface area (Å²) in [5, 5.41) is 8.95. The van der Waals surface area contributed by atoms with Gasteiger partial charge in [-0.3, -0.25) is 9.69 Å². The van der Waals surface area contributed by atoms with Crippen molar-refractivity contribution >= 4 is 12.0 Å².